The van der Waals surface area contributed by atoms with E-state index in [-0.39, 0.29) is 23.6 Å². The second kappa shape index (κ2) is 6.25. The molecular weight excluding hydrogens is 276 g/mol. The Kier molecular flexibility index (Phi) is 4.42. The molecule has 2 rings (SSSR count). The molecule has 0 fully saturated rings. The molecule has 2 aromatic rings. The van der Waals surface area contributed by atoms with Crippen LogP contribution >= 0.6 is 0 Å². The highest BCUT2D eigenvalue weighted by molar-refractivity contribution is 6.08. The van der Waals surface area contributed by atoms with Crippen LogP contribution in [0.15, 0.2) is 16.7 Å². The summed E-state index contributed by atoms with van der Waals surface area (Å²) in [6, 6.07) is 1.75. The predicted octanol–water partition coefficient (Wildman–Crippen LogP) is 3.05. The van der Waals surface area contributed by atoms with Crippen molar-refractivity contribution < 1.29 is 23.8 Å². The lowest BCUT2D eigenvalue weighted by Gasteiger charge is -2.02. The zero-order valence-electron chi connectivity index (χ0n) is 11.8. The maximum atomic E-state index is 12.0. The summed E-state index contributed by atoms with van der Waals surface area (Å²) in [7, 11) is 0. The molecule has 0 saturated carbocycles. The van der Waals surface area contributed by atoms with E-state index < -0.39 is 12.1 Å². The lowest BCUT2D eigenvalue weighted by atomic mass is 10.1. The molecule has 0 aliphatic carbocycles. The number of carbonyl (C=O) groups excluding carboxylic acids is 1. The molecule has 0 spiro atoms. The fourth-order valence-corrected chi connectivity index (χ4v) is 2.02. The number of carboxylic acid groups (broad SMARTS) is 1. The van der Waals surface area contributed by atoms with Crippen molar-refractivity contribution in [2.75, 3.05) is 11.9 Å². The van der Waals surface area contributed by atoms with Gasteiger partial charge >= 0.3 is 12.1 Å². The molecule has 0 aliphatic rings. The average molecular weight is 292 g/mol. The van der Waals surface area contributed by atoms with E-state index in [1.807, 2.05) is 6.92 Å². The van der Waals surface area contributed by atoms with E-state index >= 15 is 0 Å². The van der Waals surface area contributed by atoms with E-state index in [4.69, 9.17) is 14.3 Å². The molecule has 7 nitrogen and oxygen atoms in total. The number of carbonyl (C=O) groups is 2. The van der Waals surface area contributed by atoms with Gasteiger partial charge in [0.05, 0.1) is 6.61 Å². The minimum Gasteiger partial charge on any atom is -0.465 e. The van der Waals surface area contributed by atoms with Gasteiger partial charge in [-0.25, -0.2) is 9.59 Å². The van der Waals surface area contributed by atoms with Crippen LogP contribution in [0.25, 0.3) is 11.1 Å². The normalized spacial score (nSPS) is 10.6. The molecule has 0 aliphatic heterocycles. The van der Waals surface area contributed by atoms with Crippen molar-refractivity contribution in [3.05, 3.63) is 23.4 Å². The first-order valence-corrected chi connectivity index (χ1v) is 6.65. The van der Waals surface area contributed by atoms with Gasteiger partial charge in [-0.3, -0.25) is 10.3 Å². The number of anilines is 1. The molecule has 0 aromatic carbocycles. The first kappa shape index (κ1) is 14.8. The summed E-state index contributed by atoms with van der Waals surface area (Å²) in [6.07, 6.45) is 2.08. The number of nitrogens with zero attached hydrogens (tertiary/aromatic N) is 1. The van der Waals surface area contributed by atoms with Crippen molar-refractivity contribution in [2.24, 2.45) is 0 Å². The number of pyridine rings is 1. The Bertz CT molecular complexity index is 677. The maximum absolute atomic E-state index is 12.0. The Morgan fingerprint density at radius 2 is 2.19 bits per heavy atom. The smallest absolute Gasteiger partial charge is 0.411 e. The van der Waals surface area contributed by atoms with Gasteiger partial charge in [0.2, 0.25) is 5.88 Å². The molecule has 7 heteroatoms. The van der Waals surface area contributed by atoms with Crippen LogP contribution in [0.3, 0.4) is 0 Å². The minimum absolute atomic E-state index is 0.00250. The largest absolute Gasteiger partial charge is 0.465 e. The second-order valence-electron chi connectivity index (χ2n) is 4.40. The van der Waals surface area contributed by atoms with Crippen molar-refractivity contribution in [1.29, 1.82) is 0 Å². The molecule has 2 N–H and O–H groups in total. The molecule has 1 amide bonds. The Balaban J connectivity index is 2.54. The van der Waals surface area contributed by atoms with Crippen molar-refractivity contribution in [1.82, 2.24) is 4.98 Å². The number of hydrogen-bond donors (Lipinski definition) is 2. The number of aromatic nitrogens is 1. The second-order valence-corrected chi connectivity index (χ2v) is 4.40. The molecule has 21 heavy (non-hydrogen) atoms. The Hall–Kier alpha value is -2.57. The number of furan rings is 1. The average Bonchev–Trinajstić information content (AvgIpc) is 2.75. The highest BCUT2D eigenvalue weighted by Crippen LogP contribution is 2.30. The number of ether oxygens (including phenoxy) is 1. The highest BCUT2D eigenvalue weighted by atomic mass is 16.5. The zero-order chi connectivity index (χ0) is 15.4. The van der Waals surface area contributed by atoms with Gasteiger partial charge in [0.15, 0.2) is 5.58 Å². The highest BCUT2D eigenvalue weighted by Gasteiger charge is 2.24. The fourth-order valence-electron chi connectivity index (χ4n) is 2.02. The van der Waals surface area contributed by atoms with Crippen LogP contribution in [-0.4, -0.2) is 28.8 Å². The third-order valence-electron chi connectivity index (χ3n) is 2.82. The molecule has 0 saturated heterocycles. The predicted molar refractivity (Wildman–Crippen MR) is 75.6 cm³/mol. The standard InChI is InChI=1S/C14H16N2O5/c1-3-5-8-6-9-11(15-7-8)10(13(17)20-4-2)12(21-9)16-14(18)19/h6-7,16H,3-5H2,1-2H3,(H,18,19). The van der Waals surface area contributed by atoms with Crippen molar-refractivity contribution in [2.45, 2.75) is 26.7 Å². The van der Waals surface area contributed by atoms with Crippen molar-refractivity contribution in [3.8, 4) is 0 Å². The van der Waals surface area contributed by atoms with Crippen LogP contribution in [-0.2, 0) is 11.2 Å². The van der Waals surface area contributed by atoms with E-state index in [9.17, 15) is 9.59 Å². The number of esters is 1. The quantitative estimate of drug-likeness (QED) is 0.821. The number of nitrogens with one attached hydrogen (secondary N) is 1. The van der Waals surface area contributed by atoms with Gasteiger partial charge in [-0.2, -0.15) is 0 Å². The van der Waals surface area contributed by atoms with E-state index in [0.29, 0.717) is 5.58 Å². The van der Waals surface area contributed by atoms with Gasteiger partial charge in [-0.15, -0.1) is 0 Å². The monoisotopic (exact) mass is 292 g/mol. The van der Waals surface area contributed by atoms with Crippen LogP contribution < -0.4 is 5.32 Å². The van der Waals surface area contributed by atoms with E-state index in [2.05, 4.69) is 10.3 Å². The molecule has 0 atom stereocenters. The number of aryl methyl sites for hydroxylation is 1. The summed E-state index contributed by atoms with van der Waals surface area (Å²) >= 11 is 0. The molecular formula is C14H16N2O5. The van der Waals surface area contributed by atoms with Crippen LogP contribution in [0.4, 0.5) is 10.7 Å². The van der Waals surface area contributed by atoms with Crippen LogP contribution in [0.5, 0.6) is 0 Å². The van der Waals surface area contributed by atoms with Crippen LogP contribution in [0.1, 0.15) is 36.2 Å². The molecule has 0 unspecified atom stereocenters. The first-order valence-electron chi connectivity index (χ1n) is 6.65. The fraction of sp³-hybridized carbons (Fsp3) is 0.357. The number of rotatable bonds is 5. The van der Waals surface area contributed by atoms with Gasteiger partial charge < -0.3 is 14.3 Å². The molecule has 2 aromatic heterocycles. The lowest BCUT2D eigenvalue weighted by molar-refractivity contribution is 0.0529. The molecule has 112 valence electrons. The van der Waals surface area contributed by atoms with E-state index in [0.717, 1.165) is 18.4 Å². The summed E-state index contributed by atoms with van der Waals surface area (Å²) in [5.74, 6) is -0.840. The Labute approximate surface area is 120 Å². The van der Waals surface area contributed by atoms with E-state index in [1.165, 1.54) is 0 Å². The molecule has 0 bridgehead atoms. The summed E-state index contributed by atoms with van der Waals surface area (Å²) in [6.45, 7) is 3.87. The number of amides is 1. The van der Waals surface area contributed by atoms with Gasteiger partial charge in [-0.1, -0.05) is 13.3 Å². The third kappa shape index (κ3) is 3.13. The summed E-state index contributed by atoms with van der Waals surface area (Å²) in [5, 5.41) is 10.9. The third-order valence-corrected chi connectivity index (χ3v) is 2.82. The van der Waals surface area contributed by atoms with Gasteiger partial charge in [0.1, 0.15) is 11.1 Å². The van der Waals surface area contributed by atoms with Gasteiger partial charge in [0.25, 0.3) is 0 Å². The Morgan fingerprint density at radius 1 is 1.43 bits per heavy atom. The van der Waals surface area contributed by atoms with Crippen LogP contribution in [0.2, 0.25) is 0 Å². The summed E-state index contributed by atoms with van der Waals surface area (Å²) in [5.41, 5.74) is 1.60. The number of fused-ring (bicyclic) bond motifs is 1. The molecule has 2 heterocycles. The van der Waals surface area contributed by atoms with Crippen LogP contribution in [0, 0.1) is 0 Å². The Morgan fingerprint density at radius 3 is 2.81 bits per heavy atom. The van der Waals surface area contributed by atoms with Gasteiger partial charge in [-0.05, 0) is 25.0 Å². The summed E-state index contributed by atoms with van der Waals surface area (Å²) in [4.78, 5) is 27.0. The maximum Gasteiger partial charge on any atom is 0.411 e. The number of hydrogen-bond acceptors (Lipinski definition) is 5. The lowest BCUT2D eigenvalue weighted by Crippen LogP contribution is -2.12. The van der Waals surface area contributed by atoms with Crippen molar-refractivity contribution >= 4 is 29.0 Å². The SMILES string of the molecule is CCCc1cnc2c(C(=O)OCC)c(NC(=O)O)oc2c1. The minimum atomic E-state index is -1.33. The topological polar surface area (TPSA) is 102 Å². The summed E-state index contributed by atoms with van der Waals surface area (Å²) < 4.78 is 10.3. The molecule has 0 radical (unpaired) electrons. The first-order chi connectivity index (χ1) is 10.1. The zero-order valence-corrected chi connectivity index (χ0v) is 11.8. The van der Waals surface area contributed by atoms with Gasteiger partial charge in [0, 0.05) is 6.20 Å². The van der Waals surface area contributed by atoms with E-state index in [1.54, 1.807) is 19.2 Å². The van der Waals surface area contributed by atoms with Crippen molar-refractivity contribution in [3.63, 3.8) is 0 Å².